The number of sulfonamides is 1. The number of aromatic amines is 1. The summed E-state index contributed by atoms with van der Waals surface area (Å²) in [7, 11) is -3.87. The molecular weight excluding hydrogens is 373 g/mol. The lowest BCUT2D eigenvalue weighted by Crippen LogP contribution is -2.13. The van der Waals surface area contributed by atoms with Crippen molar-refractivity contribution in [3.63, 3.8) is 0 Å². The maximum Gasteiger partial charge on any atom is 0.263 e. The molecule has 0 bridgehead atoms. The Morgan fingerprint density at radius 2 is 1.92 bits per heavy atom. The first-order valence-electron chi connectivity index (χ1n) is 6.69. The summed E-state index contributed by atoms with van der Waals surface area (Å²) in [5.74, 6) is 0.427. The first-order valence-corrected chi connectivity index (χ1v) is 8.93. The Hall–Kier alpha value is -2.16. The molecule has 7 nitrogen and oxygen atoms in total. The minimum absolute atomic E-state index is 0.0437. The van der Waals surface area contributed by atoms with Gasteiger partial charge < -0.3 is 0 Å². The molecule has 1 heterocycles. The summed E-state index contributed by atoms with van der Waals surface area (Å²) < 4.78 is 27.7. The normalized spacial score (nSPS) is 11.5. The molecule has 0 aliphatic heterocycles. The number of nitrogens with one attached hydrogen (secondary N) is 2. The molecule has 24 heavy (non-hydrogen) atoms. The smallest absolute Gasteiger partial charge is 0.263 e. The largest absolute Gasteiger partial charge is 0.280 e. The second-order valence-corrected chi connectivity index (χ2v) is 7.43. The quantitative estimate of drug-likeness (QED) is 0.719. The number of anilines is 1. The van der Waals surface area contributed by atoms with Crippen molar-refractivity contribution in [1.82, 2.24) is 20.6 Å². The molecule has 2 aromatic carbocycles. The van der Waals surface area contributed by atoms with Crippen molar-refractivity contribution < 1.29 is 8.42 Å². The van der Waals surface area contributed by atoms with Gasteiger partial charge in [0.15, 0.2) is 5.82 Å². The molecule has 0 unspecified atom stereocenters. The van der Waals surface area contributed by atoms with Gasteiger partial charge in [-0.05, 0) is 47.2 Å². The topological polar surface area (TPSA) is 101 Å². The molecule has 0 atom stereocenters. The number of halogens is 2. The van der Waals surface area contributed by atoms with Gasteiger partial charge in [-0.3, -0.25) is 4.72 Å². The van der Waals surface area contributed by atoms with Crippen LogP contribution >= 0.6 is 23.2 Å². The molecule has 0 amide bonds. The molecule has 0 aliphatic carbocycles. The van der Waals surface area contributed by atoms with Gasteiger partial charge in [-0.1, -0.05) is 35.3 Å². The standard InChI is InChI=1S/C14H11Cl2N5O2S/c1-8-5-13(12(16)7-11(8)15)24(22,23)19-10-4-2-3-9(6-10)14-17-20-21-18-14/h2-7,19H,1H3,(H,17,18,20,21). The number of benzene rings is 2. The Kier molecular flexibility index (Phi) is 4.44. The summed E-state index contributed by atoms with van der Waals surface area (Å²) in [6.45, 7) is 1.70. The molecule has 1 aromatic heterocycles. The van der Waals surface area contributed by atoms with E-state index in [4.69, 9.17) is 23.2 Å². The van der Waals surface area contributed by atoms with Gasteiger partial charge in [0.05, 0.1) is 5.02 Å². The Bertz CT molecular complexity index is 990. The summed E-state index contributed by atoms with van der Waals surface area (Å²) in [4.78, 5) is -0.0437. The van der Waals surface area contributed by atoms with Gasteiger partial charge in [-0.2, -0.15) is 0 Å². The third kappa shape index (κ3) is 3.35. The van der Waals surface area contributed by atoms with Gasteiger partial charge in [0.1, 0.15) is 4.90 Å². The number of aromatic nitrogens is 4. The van der Waals surface area contributed by atoms with Crippen LogP contribution in [0.3, 0.4) is 0 Å². The molecule has 2 N–H and O–H groups in total. The van der Waals surface area contributed by atoms with E-state index in [0.717, 1.165) is 0 Å². The van der Waals surface area contributed by atoms with E-state index in [0.29, 0.717) is 27.7 Å². The molecule has 0 saturated carbocycles. The van der Waals surface area contributed by atoms with Crippen LogP contribution in [0.4, 0.5) is 5.69 Å². The van der Waals surface area contributed by atoms with Gasteiger partial charge in [-0.15, -0.1) is 5.10 Å². The van der Waals surface area contributed by atoms with Crippen LogP contribution in [0.1, 0.15) is 5.56 Å². The van der Waals surface area contributed by atoms with E-state index in [9.17, 15) is 8.42 Å². The van der Waals surface area contributed by atoms with Crippen molar-refractivity contribution in [1.29, 1.82) is 0 Å². The molecule has 0 aliphatic rings. The summed E-state index contributed by atoms with van der Waals surface area (Å²) in [6, 6.07) is 9.49. The van der Waals surface area contributed by atoms with Crippen molar-refractivity contribution in [2.75, 3.05) is 4.72 Å². The Labute approximate surface area is 148 Å². The zero-order valence-corrected chi connectivity index (χ0v) is 14.6. The third-order valence-corrected chi connectivity index (χ3v) is 5.49. The molecule has 3 aromatic rings. The van der Waals surface area contributed by atoms with Crippen molar-refractivity contribution in [2.24, 2.45) is 0 Å². The highest BCUT2D eigenvalue weighted by atomic mass is 35.5. The lowest BCUT2D eigenvalue weighted by Gasteiger charge is -2.11. The third-order valence-electron chi connectivity index (χ3n) is 3.24. The van der Waals surface area contributed by atoms with Crippen LogP contribution in [0.25, 0.3) is 11.4 Å². The molecule has 0 fully saturated rings. The highest BCUT2D eigenvalue weighted by Gasteiger charge is 2.20. The number of tetrazole rings is 1. The van der Waals surface area contributed by atoms with Crippen LogP contribution < -0.4 is 4.72 Å². The molecule has 0 spiro atoms. The fourth-order valence-electron chi connectivity index (χ4n) is 2.06. The molecule has 10 heteroatoms. The average molecular weight is 384 g/mol. The highest BCUT2D eigenvalue weighted by Crippen LogP contribution is 2.30. The number of rotatable bonds is 4. The average Bonchev–Trinajstić information content (AvgIpc) is 3.05. The summed E-state index contributed by atoms with van der Waals surface area (Å²) in [6.07, 6.45) is 0. The minimum Gasteiger partial charge on any atom is -0.280 e. The van der Waals surface area contributed by atoms with Crippen LogP contribution in [0.15, 0.2) is 41.3 Å². The Morgan fingerprint density at radius 3 is 2.62 bits per heavy atom. The maximum absolute atomic E-state index is 12.6. The summed E-state index contributed by atoms with van der Waals surface area (Å²) >= 11 is 12.0. The van der Waals surface area contributed by atoms with E-state index < -0.39 is 10.0 Å². The zero-order chi connectivity index (χ0) is 17.3. The highest BCUT2D eigenvalue weighted by molar-refractivity contribution is 7.92. The monoisotopic (exact) mass is 383 g/mol. The van der Waals surface area contributed by atoms with Crippen LogP contribution in [0.2, 0.25) is 10.0 Å². The van der Waals surface area contributed by atoms with Crippen molar-refractivity contribution in [2.45, 2.75) is 11.8 Å². The van der Waals surface area contributed by atoms with E-state index in [1.54, 1.807) is 31.2 Å². The van der Waals surface area contributed by atoms with E-state index in [1.165, 1.54) is 12.1 Å². The Balaban J connectivity index is 1.96. The van der Waals surface area contributed by atoms with Crippen molar-refractivity contribution in [3.8, 4) is 11.4 Å². The second kappa shape index (κ2) is 6.39. The predicted molar refractivity (Wildman–Crippen MR) is 91.6 cm³/mol. The molecule has 124 valence electrons. The van der Waals surface area contributed by atoms with Gasteiger partial charge in [0.25, 0.3) is 10.0 Å². The maximum atomic E-state index is 12.6. The van der Waals surface area contributed by atoms with Crippen molar-refractivity contribution >= 4 is 38.9 Å². The number of nitrogens with zero attached hydrogens (tertiary/aromatic N) is 3. The van der Waals surface area contributed by atoms with Crippen LogP contribution in [0, 0.1) is 6.92 Å². The van der Waals surface area contributed by atoms with Gasteiger partial charge >= 0.3 is 0 Å². The predicted octanol–water partition coefficient (Wildman–Crippen LogP) is 3.28. The van der Waals surface area contributed by atoms with Gasteiger partial charge in [0.2, 0.25) is 0 Å². The molecule has 0 saturated heterocycles. The van der Waals surface area contributed by atoms with Crippen LogP contribution in [-0.2, 0) is 10.0 Å². The second-order valence-electron chi connectivity index (χ2n) is 4.97. The summed E-state index contributed by atoms with van der Waals surface area (Å²) in [5, 5.41) is 13.8. The number of hydrogen-bond donors (Lipinski definition) is 2. The fraction of sp³-hybridized carbons (Fsp3) is 0.0714. The number of H-pyrrole nitrogens is 1. The Morgan fingerprint density at radius 1 is 1.12 bits per heavy atom. The molecule has 0 radical (unpaired) electrons. The number of aryl methyl sites for hydroxylation is 1. The fourth-order valence-corrected chi connectivity index (χ4v) is 3.94. The molecular formula is C14H11Cl2N5O2S. The van der Waals surface area contributed by atoms with E-state index in [2.05, 4.69) is 25.3 Å². The van der Waals surface area contributed by atoms with E-state index in [1.807, 2.05) is 0 Å². The van der Waals surface area contributed by atoms with Gasteiger partial charge in [0, 0.05) is 16.3 Å². The minimum atomic E-state index is -3.87. The lowest BCUT2D eigenvalue weighted by atomic mass is 10.2. The van der Waals surface area contributed by atoms with Crippen molar-refractivity contribution in [3.05, 3.63) is 52.0 Å². The van der Waals surface area contributed by atoms with E-state index >= 15 is 0 Å². The van der Waals surface area contributed by atoms with Crippen LogP contribution in [-0.4, -0.2) is 29.0 Å². The van der Waals surface area contributed by atoms with E-state index in [-0.39, 0.29) is 9.92 Å². The van der Waals surface area contributed by atoms with Crippen LogP contribution in [0.5, 0.6) is 0 Å². The first-order chi connectivity index (χ1) is 11.4. The number of hydrogen-bond acceptors (Lipinski definition) is 5. The lowest BCUT2D eigenvalue weighted by molar-refractivity contribution is 0.601. The summed E-state index contributed by atoms with van der Waals surface area (Å²) in [5.41, 5.74) is 1.61. The first kappa shape index (κ1) is 16.7. The molecule has 3 rings (SSSR count). The SMILES string of the molecule is Cc1cc(S(=O)(=O)Nc2cccc(-c3nnn[nH]3)c2)c(Cl)cc1Cl. The zero-order valence-electron chi connectivity index (χ0n) is 12.3. The van der Waals surface area contributed by atoms with Gasteiger partial charge in [-0.25, -0.2) is 13.5 Å².